The third-order valence-electron chi connectivity index (χ3n) is 9.28. The highest BCUT2D eigenvalue weighted by Gasteiger charge is 2.22. The Morgan fingerprint density at radius 1 is 0.500 bits per heavy atom. The maximum absolute atomic E-state index is 12.4. The Labute approximate surface area is 307 Å². The zero-order valence-corrected chi connectivity index (χ0v) is 33.5. The molecule has 0 aromatic heterocycles. The lowest BCUT2D eigenvalue weighted by atomic mass is 10.0. The third-order valence-corrected chi connectivity index (χ3v) is 9.77. The monoisotopic (exact) mass is 731 g/mol. The fourth-order valence-corrected chi connectivity index (χ4v) is 6.49. The van der Waals surface area contributed by atoms with Crippen molar-refractivity contribution in [3.8, 4) is 0 Å². The van der Waals surface area contributed by atoms with Gasteiger partial charge in [0.2, 0.25) is 0 Å². The molecule has 0 radical (unpaired) electrons. The van der Waals surface area contributed by atoms with Crippen LogP contribution in [0.1, 0.15) is 219 Å². The topological polar surface area (TPSA) is 119 Å². The Bertz CT molecular complexity index is 827. The van der Waals surface area contributed by atoms with Crippen LogP contribution in [0.4, 0.5) is 0 Å². The number of hydrogen-bond donors (Lipinski definition) is 2. The number of phosphoric ester groups is 1. The second-order valence-electron chi connectivity index (χ2n) is 14.3. The summed E-state index contributed by atoms with van der Waals surface area (Å²) in [5, 5.41) is 0. The van der Waals surface area contributed by atoms with E-state index in [1.165, 1.54) is 148 Å². The Kier molecular flexibility index (Phi) is 36.6. The zero-order valence-electron chi connectivity index (χ0n) is 32.6. The number of unbranched alkanes of at least 4 members (excludes halogenated alkanes) is 27. The number of rotatable bonds is 39. The second-order valence-corrected chi connectivity index (χ2v) is 15.6. The van der Waals surface area contributed by atoms with Gasteiger partial charge in [-0.1, -0.05) is 180 Å². The molecule has 8 nitrogen and oxygen atoms in total. The van der Waals surface area contributed by atoms with Crippen LogP contribution in [0.25, 0.3) is 0 Å². The lowest BCUT2D eigenvalue weighted by molar-refractivity contribution is -0.161. The molecule has 0 saturated heterocycles. The molecule has 0 bridgehead atoms. The van der Waals surface area contributed by atoms with Gasteiger partial charge in [0.1, 0.15) is 6.61 Å². The minimum Gasteiger partial charge on any atom is -0.462 e. The molecule has 0 heterocycles. The Morgan fingerprint density at radius 2 is 0.840 bits per heavy atom. The average Bonchev–Trinajstić information content (AvgIpc) is 3.08. The highest BCUT2D eigenvalue weighted by molar-refractivity contribution is 7.46. The molecular weight excluding hydrogens is 651 g/mol. The SMILES string of the molecule is CCCCCCCC/C=C\CCCCCCCCCCCC(=O)OC(COC(=O)CCCCCCCCCCCCCCC)COP(=O)(O)O. The van der Waals surface area contributed by atoms with Crippen LogP contribution in [0, 0.1) is 0 Å². The summed E-state index contributed by atoms with van der Waals surface area (Å²) < 4.78 is 26.4. The summed E-state index contributed by atoms with van der Waals surface area (Å²) in [6.07, 6.45) is 40.7. The van der Waals surface area contributed by atoms with Crippen molar-refractivity contribution in [2.75, 3.05) is 13.2 Å². The first-order chi connectivity index (χ1) is 24.3. The smallest absolute Gasteiger partial charge is 0.462 e. The first kappa shape index (κ1) is 48.8. The molecule has 0 fully saturated rings. The van der Waals surface area contributed by atoms with Gasteiger partial charge < -0.3 is 19.3 Å². The lowest BCUT2D eigenvalue weighted by Gasteiger charge is -2.18. The largest absolute Gasteiger partial charge is 0.469 e. The van der Waals surface area contributed by atoms with Gasteiger partial charge in [0.25, 0.3) is 0 Å². The van der Waals surface area contributed by atoms with E-state index in [-0.39, 0.29) is 19.4 Å². The van der Waals surface area contributed by atoms with Gasteiger partial charge in [0, 0.05) is 12.8 Å². The van der Waals surface area contributed by atoms with Crippen molar-refractivity contribution in [3.63, 3.8) is 0 Å². The van der Waals surface area contributed by atoms with Crippen molar-refractivity contribution in [1.82, 2.24) is 0 Å². The molecule has 50 heavy (non-hydrogen) atoms. The Balaban J connectivity index is 3.87. The third kappa shape index (κ3) is 39.6. The van der Waals surface area contributed by atoms with Crippen LogP contribution >= 0.6 is 7.82 Å². The summed E-state index contributed by atoms with van der Waals surface area (Å²) in [6.45, 7) is 3.70. The van der Waals surface area contributed by atoms with Gasteiger partial charge >= 0.3 is 19.8 Å². The van der Waals surface area contributed by atoms with Crippen LogP contribution < -0.4 is 0 Å². The molecule has 0 saturated carbocycles. The van der Waals surface area contributed by atoms with E-state index in [0.717, 1.165) is 38.5 Å². The van der Waals surface area contributed by atoms with E-state index in [1.807, 2.05) is 0 Å². The molecular formula is C41H79O8P. The Hall–Kier alpha value is -1.21. The predicted molar refractivity (Wildman–Crippen MR) is 207 cm³/mol. The van der Waals surface area contributed by atoms with Crippen molar-refractivity contribution < 1.29 is 37.9 Å². The van der Waals surface area contributed by atoms with Crippen molar-refractivity contribution in [1.29, 1.82) is 0 Å². The van der Waals surface area contributed by atoms with Gasteiger partial charge in [-0.05, 0) is 38.5 Å². The minimum atomic E-state index is -4.75. The van der Waals surface area contributed by atoms with E-state index in [1.54, 1.807) is 0 Å². The zero-order chi connectivity index (χ0) is 36.8. The molecule has 0 aromatic rings. The summed E-state index contributed by atoms with van der Waals surface area (Å²) in [5.41, 5.74) is 0. The summed E-state index contributed by atoms with van der Waals surface area (Å²) in [5.74, 6) is -0.876. The first-order valence-corrected chi connectivity index (χ1v) is 22.5. The number of allylic oxidation sites excluding steroid dienone is 2. The van der Waals surface area contributed by atoms with E-state index in [4.69, 9.17) is 19.3 Å². The molecule has 0 aliphatic carbocycles. The van der Waals surface area contributed by atoms with E-state index < -0.39 is 32.5 Å². The van der Waals surface area contributed by atoms with Crippen LogP contribution in [0.3, 0.4) is 0 Å². The second kappa shape index (κ2) is 37.5. The minimum absolute atomic E-state index is 0.214. The molecule has 0 aliphatic rings. The summed E-state index contributed by atoms with van der Waals surface area (Å²) >= 11 is 0. The van der Waals surface area contributed by atoms with E-state index in [2.05, 4.69) is 30.5 Å². The van der Waals surface area contributed by atoms with Gasteiger partial charge in [-0.3, -0.25) is 14.1 Å². The molecule has 9 heteroatoms. The van der Waals surface area contributed by atoms with Crippen LogP contribution in [0.15, 0.2) is 12.2 Å². The normalized spacial score (nSPS) is 12.5. The lowest BCUT2D eigenvalue weighted by Crippen LogP contribution is -2.29. The van der Waals surface area contributed by atoms with Crippen LogP contribution in [-0.4, -0.2) is 41.0 Å². The maximum atomic E-state index is 12.4. The van der Waals surface area contributed by atoms with E-state index in [0.29, 0.717) is 6.42 Å². The molecule has 0 spiro atoms. The van der Waals surface area contributed by atoms with Crippen LogP contribution in [-0.2, 0) is 28.2 Å². The fraction of sp³-hybridized carbons (Fsp3) is 0.902. The molecule has 0 aliphatic heterocycles. The predicted octanol–water partition coefficient (Wildman–Crippen LogP) is 12.6. The van der Waals surface area contributed by atoms with Gasteiger partial charge in [0.15, 0.2) is 6.10 Å². The van der Waals surface area contributed by atoms with Gasteiger partial charge in [-0.25, -0.2) is 4.57 Å². The number of phosphoric acid groups is 1. The standard InChI is InChI=1S/C41H79O8P/c1-3-5-7-9-11-13-15-17-18-19-20-21-22-24-26-28-30-32-34-36-41(43)49-39(38-48-50(44,45)46)37-47-40(42)35-33-31-29-27-25-23-16-14-12-10-8-6-4-2/h17-18,39H,3-16,19-38H2,1-2H3,(H2,44,45,46)/b18-17-. The molecule has 0 amide bonds. The van der Waals surface area contributed by atoms with E-state index in [9.17, 15) is 14.2 Å². The highest BCUT2D eigenvalue weighted by atomic mass is 31.2. The quantitative estimate of drug-likeness (QED) is 0.0278. The summed E-state index contributed by atoms with van der Waals surface area (Å²) in [6, 6.07) is 0. The van der Waals surface area contributed by atoms with E-state index >= 15 is 0 Å². The molecule has 1 unspecified atom stereocenters. The molecule has 0 aromatic carbocycles. The molecule has 0 rings (SSSR count). The Morgan fingerprint density at radius 3 is 1.22 bits per heavy atom. The number of ether oxygens (including phenoxy) is 2. The molecule has 296 valence electrons. The highest BCUT2D eigenvalue weighted by Crippen LogP contribution is 2.36. The average molecular weight is 731 g/mol. The summed E-state index contributed by atoms with van der Waals surface area (Å²) in [4.78, 5) is 42.8. The van der Waals surface area contributed by atoms with Crippen LogP contribution in [0.2, 0.25) is 0 Å². The molecule has 2 N–H and O–H groups in total. The first-order valence-electron chi connectivity index (χ1n) is 21.0. The van der Waals surface area contributed by atoms with Crippen molar-refractivity contribution in [2.24, 2.45) is 0 Å². The van der Waals surface area contributed by atoms with Gasteiger partial charge in [0.05, 0.1) is 6.61 Å². The fourth-order valence-electron chi connectivity index (χ4n) is 6.13. The van der Waals surface area contributed by atoms with Crippen molar-refractivity contribution >= 4 is 19.8 Å². The number of carbonyl (C=O) groups is 2. The summed E-state index contributed by atoms with van der Waals surface area (Å²) in [7, 11) is -4.75. The number of esters is 2. The van der Waals surface area contributed by atoms with Gasteiger partial charge in [-0.15, -0.1) is 0 Å². The number of hydrogen-bond acceptors (Lipinski definition) is 6. The molecule has 1 atom stereocenters. The van der Waals surface area contributed by atoms with Crippen LogP contribution in [0.5, 0.6) is 0 Å². The maximum Gasteiger partial charge on any atom is 0.469 e. The van der Waals surface area contributed by atoms with Crippen molar-refractivity contribution in [3.05, 3.63) is 12.2 Å². The van der Waals surface area contributed by atoms with Crippen molar-refractivity contribution in [2.45, 2.75) is 225 Å². The number of carbonyl (C=O) groups excluding carboxylic acids is 2. The van der Waals surface area contributed by atoms with Gasteiger partial charge in [-0.2, -0.15) is 0 Å².